The van der Waals surface area contributed by atoms with Crippen molar-refractivity contribution in [2.75, 3.05) is 6.54 Å². The quantitative estimate of drug-likeness (QED) is 0.901. The molecule has 112 valence electrons. The Morgan fingerprint density at radius 3 is 2.52 bits per heavy atom. The molecule has 21 heavy (non-hydrogen) atoms. The third-order valence-electron chi connectivity index (χ3n) is 3.10. The highest BCUT2D eigenvalue weighted by atomic mass is 35.5. The van der Waals surface area contributed by atoms with Gasteiger partial charge in [0.05, 0.1) is 16.6 Å². The first-order valence-electron chi connectivity index (χ1n) is 6.44. The summed E-state index contributed by atoms with van der Waals surface area (Å²) < 4.78 is 39.6. The Balaban J connectivity index is 2.57. The zero-order valence-corrected chi connectivity index (χ0v) is 12.0. The minimum Gasteiger partial charge on any atom is -0.306 e. The monoisotopic (exact) mass is 314 g/mol. The summed E-state index contributed by atoms with van der Waals surface area (Å²) in [6.45, 7) is 2.34. The lowest BCUT2D eigenvalue weighted by molar-refractivity contribution is -0.138. The van der Waals surface area contributed by atoms with Gasteiger partial charge >= 0.3 is 6.18 Å². The van der Waals surface area contributed by atoms with Crippen molar-refractivity contribution in [3.05, 3.63) is 64.4 Å². The van der Waals surface area contributed by atoms with Crippen LogP contribution in [-0.4, -0.2) is 11.5 Å². The van der Waals surface area contributed by atoms with E-state index in [1.807, 2.05) is 6.92 Å². The van der Waals surface area contributed by atoms with E-state index in [2.05, 4.69) is 10.3 Å². The number of aromatic nitrogens is 1. The number of halogens is 4. The van der Waals surface area contributed by atoms with Crippen LogP contribution in [-0.2, 0) is 6.18 Å². The molecule has 2 rings (SSSR count). The van der Waals surface area contributed by atoms with Crippen LogP contribution in [0.25, 0.3) is 0 Å². The molecule has 0 fully saturated rings. The molecule has 0 amide bonds. The molecule has 2 nitrogen and oxygen atoms in total. The number of hydrogen-bond acceptors (Lipinski definition) is 2. The lowest BCUT2D eigenvalue weighted by atomic mass is 9.94. The molecule has 0 bridgehead atoms. The van der Waals surface area contributed by atoms with Gasteiger partial charge in [-0.15, -0.1) is 0 Å². The molecular formula is C15H14ClF3N2. The first-order chi connectivity index (χ1) is 9.95. The van der Waals surface area contributed by atoms with Gasteiger partial charge in [0.25, 0.3) is 0 Å². The maximum atomic E-state index is 13.2. The molecule has 1 N–H and O–H groups in total. The van der Waals surface area contributed by atoms with Crippen molar-refractivity contribution in [3.8, 4) is 0 Å². The van der Waals surface area contributed by atoms with Gasteiger partial charge in [0.2, 0.25) is 0 Å². The van der Waals surface area contributed by atoms with Gasteiger partial charge in [-0.2, -0.15) is 13.2 Å². The van der Waals surface area contributed by atoms with Gasteiger partial charge in [-0.25, -0.2) is 0 Å². The smallest absolute Gasteiger partial charge is 0.306 e. The van der Waals surface area contributed by atoms with Crippen molar-refractivity contribution in [2.24, 2.45) is 0 Å². The van der Waals surface area contributed by atoms with Gasteiger partial charge in [0, 0.05) is 12.4 Å². The van der Waals surface area contributed by atoms with E-state index in [9.17, 15) is 13.2 Å². The maximum Gasteiger partial charge on any atom is 0.416 e. The van der Waals surface area contributed by atoms with Crippen LogP contribution >= 0.6 is 11.6 Å². The Kier molecular flexibility index (Phi) is 4.85. The lowest BCUT2D eigenvalue weighted by Crippen LogP contribution is -2.25. The summed E-state index contributed by atoms with van der Waals surface area (Å²) >= 11 is 6.09. The van der Waals surface area contributed by atoms with Crippen molar-refractivity contribution in [3.63, 3.8) is 0 Å². The fourth-order valence-corrected chi connectivity index (χ4v) is 2.45. The van der Waals surface area contributed by atoms with Gasteiger partial charge in [-0.3, -0.25) is 4.98 Å². The second-order valence-electron chi connectivity index (χ2n) is 4.47. The molecule has 0 aliphatic rings. The van der Waals surface area contributed by atoms with E-state index in [4.69, 9.17) is 11.6 Å². The Morgan fingerprint density at radius 1 is 1.19 bits per heavy atom. The van der Waals surface area contributed by atoms with Crippen LogP contribution < -0.4 is 5.32 Å². The van der Waals surface area contributed by atoms with Crippen molar-refractivity contribution in [2.45, 2.75) is 19.1 Å². The summed E-state index contributed by atoms with van der Waals surface area (Å²) in [6.07, 6.45) is -1.47. The molecular weight excluding hydrogens is 301 g/mol. The van der Waals surface area contributed by atoms with Crippen LogP contribution in [0.4, 0.5) is 13.2 Å². The largest absolute Gasteiger partial charge is 0.416 e. The van der Waals surface area contributed by atoms with E-state index in [1.54, 1.807) is 12.1 Å². The maximum absolute atomic E-state index is 13.2. The number of nitrogens with zero attached hydrogens (tertiary/aromatic N) is 1. The van der Waals surface area contributed by atoms with E-state index in [-0.39, 0.29) is 5.56 Å². The SMILES string of the molecule is CCNC(c1ccncc1Cl)c1ccccc1C(F)(F)F. The van der Waals surface area contributed by atoms with Crippen molar-refractivity contribution in [1.82, 2.24) is 10.3 Å². The molecule has 1 heterocycles. The summed E-state index contributed by atoms with van der Waals surface area (Å²) in [4.78, 5) is 3.87. The third-order valence-corrected chi connectivity index (χ3v) is 3.42. The molecule has 6 heteroatoms. The Bertz CT molecular complexity index is 614. The molecule has 1 aromatic carbocycles. The van der Waals surface area contributed by atoms with Crippen LogP contribution in [0.5, 0.6) is 0 Å². The second-order valence-corrected chi connectivity index (χ2v) is 4.88. The van der Waals surface area contributed by atoms with E-state index < -0.39 is 17.8 Å². The summed E-state index contributed by atoms with van der Waals surface area (Å²) in [7, 11) is 0. The van der Waals surface area contributed by atoms with Crippen molar-refractivity contribution in [1.29, 1.82) is 0 Å². The molecule has 0 aliphatic carbocycles. The molecule has 0 aliphatic heterocycles. The Hall–Kier alpha value is -1.59. The zero-order valence-electron chi connectivity index (χ0n) is 11.3. The highest BCUT2D eigenvalue weighted by Gasteiger charge is 2.35. The number of rotatable bonds is 4. The second kappa shape index (κ2) is 6.45. The van der Waals surface area contributed by atoms with E-state index in [0.29, 0.717) is 17.1 Å². The summed E-state index contributed by atoms with van der Waals surface area (Å²) in [5, 5.41) is 3.39. The number of alkyl halides is 3. The van der Waals surface area contributed by atoms with Crippen LogP contribution in [0.3, 0.4) is 0 Å². The molecule has 1 atom stereocenters. The number of hydrogen-bond donors (Lipinski definition) is 1. The highest BCUT2D eigenvalue weighted by molar-refractivity contribution is 6.31. The molecule has 2 aromatic rings. The third kappa shape index (κ3) is 3.54. The molecule has 0 saturated heterocycles. The fraction of sp³-hybridized carbons (Fsp3) is 0.267. The zero-order chi connectivity index (χ0) is 15.5. The fourth-order valence-electron chi connectivity index (χ4n) is 2.22. The van der Waals surface area contributed by atoms with Crippen LogP contribution in [0.1, 0.15) is 29.7 Å². The predicted octanol–water partition coefficient (Wildman–Crippen LogP) is 4.45. The minimum atomic E-state index is -4.41. The van der Waals surface area contributed by atoms with Gasteiger partial charge in [-0.05, 0) is 29.8 Å². The standard InChI is InChI=1S/C15H14ClF3N2/c1-2-21-14(11-7-8-20-9-13(11)16)10-5-3-4-6-12(10)15(17,18)19/h3-9,14,21H,2H2,1H3. The number of nitrogens with one attached hydrogen (secondary N) is 1. The highest BCUT2D eigenvalue weighted by Crippen LogP contribution is 2.37. The number of pyridine rings is 1. The van der Waals surface area contributed by atoms with Crippen LogP contribution in [0.2, 0.25) is 5.02 Å². The van der Waals surface area contributed by atoms with Crippen LogP contribution in [0, 0.1) is 0 Å². The molecule has 1 unspecified atom stereocenters. The average Bonchev–Trinajstić information content (AvgIpc) is 2.45. The predicted molar refractivity (Wildman–Crippen MR) is 76.2 cm³/mol. The minimum absolute atomic E-state index is 0.153. The Morgan fingerprint density at radius 2 is 1.90 bits per heavy atom. The van der Waals surface area contributed by atoms with Crippen LogP contribution in [0.15, 0.2) is 42.7 Å². The average molecular weight is 315 g/mol. The molecule has 1 aromatic heterocycles. The summed E-state index contributed by atoms with van der Waals surface area (Å²) in [6, 6.07) is 6.50. The lowest BCUT2D eigenvalue weighted by Gasteiger charge is -2.23. The van der Waals surface area contributed by atoms with Gasteiger partial charge in [0.15, 0.2) is 0 Å². The van der Waals surface area contributed by atoms with Gasteiger partial charge in [-0.1, -0.05) is 36.7 Å². The number of benzene rings is 1. The first kappa shape index (κ1) is 15.8. The first-order valence-corrected chi connectivity index (χ1v) is 6.82. The normalized spacial score (nSPS) is 13.2. The van der Waals surface area contributed by atoms with Gasteiger partial charge < -0.3 is 5.32 Å². The van der Waals surface area contributed by atoms with E-state index in [0.717, 1.165) is 6.07 Å². The van der Waals surface area contributed by atoms with Gasteiger partial charge in [0.1, 0.15) is 0 Å². The molecule has 0 spiro atoms. The summed E-state index contributed by atoms with van der Waals surface area (Å²) in [5.74, 6) is 0. The molecule has 0 radical (unpaired) electrons. The van der Waals surface area contributed by atoms with E-state index in [1.165, 1.54) is 24.5 Å². The van der Waals surface area contributed by atoms with Crippen molar-refractivity contribution >= 4 is 11.6 Å². The van der Waals surface area contributed by atoms with Crippen molar-refractivity contribution < 1.29 is 13.2 Å². The topological polar surface area (TPSA) is 24.9 Å². The molecule has 0 saturated carbocycles. The Labute approximate surface area is 126 Å². The summed E-state index contributed by atoms with van der Waals surface area (Å²) in [5.41, 5.74) is 0.0639. The van der Waals surface area contributed by atoms with E-state index >= 15 is 0 Å².